The fourth-order valence-electron chi connectivity index (χ4n) is 2.83. The Morgan fingerprint density at radius 2 is 1.94 bits per heavy atom. The molecule has 0 aliphatic carbocycles. The maximum atomic E-state index is 5.87. The standard InChI is InChI=1S/C15H23N3/c1-11(9-16)15(17(2)3)13-10-18(4)14-8-6-5-7-12(13)14/h5-8,10-11,15H,9,16H2,1-4H3. The van der Waals surface area contributed by atoms with Crippen LogP contribution in [0.4, 0.5) is 0 Å². The number of nitrogens with zero attached hydrogens (tertiary/aromatic N) is 2. The Morgan fingerprint density at radius 1 is 1.28 bits per heavy atom. The van der Waals surface area contributed by atoms with Crippen LogP contribution in [0.2, 0.25) is 0 Å². The lowest BCUT2D eigenvalue weighted by atomic mass is 9.93. The zero-order valence-electron chi connectivity index (χ0n) is 11.7. The average molecular weight is 245 g/mol. The molecule has 2 unspecified atom stereocenters. The van der Waals surface area contributed by atoms with Crippen LogP contribution in [0.5, 0.6) is 0 Å². The number of fused-ring (bicyclic) bond motifs is 1. The zero-order chi connectivity index (χ0) is 13.3. The molecule has 3 nitrogen and oxygen atoms in total. The monoisotopic (exact) mass is 245 g/mol. The number of hydrogen-bond donors (Lipinski definition) is 1. The quantitative estimate of drug-likeness (QED) is 0.897. The van der Waals surface area contributed by atoms with Crippen molar-refractivity contribution in [3.05, 3.63) is 36.0 Å². The fourth-order valence-corrected chi connectivity index (χ4v) is 2.83. The van der Waals surface area contributed by atoms with Gasteiger partial charge < -0.3 is 15.2 Å². The van der Waals surface area contributed by atoms with E-state index in [1.54, 1.807) is 0 Å². The van der Waals surface area contributed by atoms with Crippen molar-refractivity contribution in [1.82, 2.24) is 9.47 Å². The first-order chi connectivity index (χ1) is 8.56. The van der Waals surface area contributed by atoms with Gasteiger partial charge >= 0.3 is 0 Å². The summed E-state index contributed by atoms with van der Waals surface area (Å²) in [5.41, 5.74) is 8.52. The smallest absolute Gasteiger partial charge is 0.0481 e. The minimum Gasteiger partial charge on any atom is -0.350 e. The summed E-state index contributed by atoms with van der Waals surface area (Å²) in [5, 5.41) is 1.33. The summed E-state index contributed by atoms with van der Waals surface area (Å²) < 4.78 is 2.20. The predicted molar refractivity (Wildman–Crippen MR) is 77.6 cm³/mol. The van der Waals surface area contributed by atoms with Crippen LogP contribution in [0.3, 0.4) is 0 Å². The van der Waals surface area contributed by atoms with Crippen molar-refractivity contribution in [3.8, 4) is 0 Å². The number of nitrogens with two attached hydrogens (primary N) is 1. The van der Waals surface area contributed by atoms with E-state index in [-0.39, 0.29) is 0 Å². The molecule has 0 fully saturated rings. The normalized spacial score (nSPS) is 15.2. The lowest BCUT2D eigenvalue weighted by molar-refractivity contribution is 0.229. The van der Waals surface area contributed by atoms with Crippen LogP contribution in [0, 0.1) is 5.92 Å². The van der Waals surface area contributed by atoms with E-state index in [4.69, 9.17) is 5.73 Å². The molecule has 0 saturated carbocycles. The molecule has 2 atom stereocenters. The second-order valence-corrected chi connectivity index (χ2v) is 5.33. The number of hydrogen-bond acceptors (Lipinski definition) is 2. The van der Waals surface area contributed by atoms with Crippen molar-refractivity contribution in [2.75, 3.05) is 20.6 Å². The van der Waals surface area contributed by atoms with Crippen LogP contribution in [0.1, 0.15) is 18.5 Å². The zero-order valence-corrected chi connectivity index (χ0v) is 11.7. The fraction of sp³-hybridized carbons (Fsp3) is 0.467. The lowest BCUT2D eigenvalue weighted by Crippen LogP contribution is -2.30. The maximum Gasteiger partial charge on any atom is 0.0481 e. The molecule has 0 amide bonds. The van der Waals surface area contributed by atoms with Crippen molar-refractivity contribution < 1.29 is 0 Å². The van der Waals surface area contributed by atoms with Crippen molar-refractivity contribution in [3.63, 3.8) is 0 Å². The predicted octanol–water partition coefficient (Wildman–Crippen LogP) is 2.38. The first-order valence-corrected chi connectivity index (χ1v) is 6.46. The molecule has 98 valence electrons. The Bertz CT molecular complexity index is 528. The summed E-state index contributed by atoms with van der Waals surface area (Å²) in [6.07, 6.45) is 2.24. The highest BCUT2D eigenvalue weighted by Crippen LogP contribution is 2.32. The molecule has 0 spiro atoms. The second kappa shape index (κ2) is 5.12. The van der Waals surface area contributed by atoms with Crippen molar-refractivity contribution in [2.45, 2.75) is 13.0 Å². The highest BCUT2D eigenvalue weighted by Gasteiger charge is 2.23. The van der Waals surface area contributed by atoms with Crippen LogP contribution in [0.25, 0.3) is 10.9 Å². The molecule has 3 heteroatoms. The Morgan fingerprint density at radius 3 is 2.56 bits per heavy atom. The van der Waals surface area contributed by atoms with Gasteiger partial charge in [-0.3, -0.25) is 0 Å². The van der Waals surface area contributed by atoms with Gasteiger partial charge in [-0.25, -0.2) is 0 Å². The summed E-state index contributed by atoms with van der Waals surface area (Å²) >= 11 is 0. The Kier molecular flexibility index (Phi) is 3.73. The van der Waals surface area contributed by atoms with Gasteiger partial charge in [0.1, 0.15) is 0 Å². The average Bonchev–Trinajstić information content (AvgIpc) is 2.67. The van der Waals surface area contributed by atoms with Crippen molar-refractivity contribution in [2.24, 2.45) is 18.7 Å². The number of aromatic nitrogens is 1. The largest absolute Gasteiger partial charge is 0.350 e. The summed E-state index contributed by atoms with van der Waals surface area (Å²) in [7, 11) is 6.35. The number of para-hydroxylation sites is 1. The molecule has 0 radical (unpaired) electrons. The lowest BCUT2D eigenvalue weighted by Gasteiger charge is -2.29. The molecule has 0 aliphatic heterocycles. The molecule has 2 N–H and O–H groups in total. The van der Waals surface area contributed by atoms with Gasteiger partial charge in [0.05, 0.1) is 0 Å². The summed E-state index contributed by atoms with van der Waals surface area (Å²) in [5.74, 6) is 0.436. The van der Waals surface area contributed by atoms with E-state index >= 15 is 0 Å². The van der Waals surface area contributed by atoms with Gasteiger partial charge in [0.15, 0.2) is 0 Å². The van der Waals surface area contributed by atoms with Gasteiger partial charge in [-0.15, -0.1) is 0 Å². The molecule has 0 aliphatic rings. The van der Waals surface area contributed by atoms with Gasteiger partial charge in [-0.2, -0.15) is 0 Å². The SMILES string of the molecule is CC(CN)C(c1cn(C)c2ccccc12)N(C)C. The minimum atomic E-state index is 0.362. The molecular weight excluding hydrogens is 222 g/mol. The molecular formula is C15H23N3. The van der Waals surface area contributed by atoms with E-state index in [1.807, 2.05) is 0 Å². The molecule has 1 aromatic carbocycles. The molecule has 2 rings (SSSR count). The van der Waals surface area contributed by atoms with Crippen LogP contribution in [-0.4, -0.2) is 30.1 Å². The van der Waals surface area contributed by atoms with Crippen molar-refractivity contribution >= 4 is 10.9 Å². The van der Waals surface area contributed by atoms with Gasteiger partial charge in [-0.1, -0.05) is 25.1 Å². The van der Waals surface area contributed by atoms with Gasteiger partial charge in [0.2, 0.25) is 0 Å². The van der Waals surface area contributed by atoms with E-state index in [2.05, 4.69) is 68.0 Å². The van der Waals surface area contributed by atoms with E-state index < -0.39 is 0 Å². The molecule has 0 saturated heterocycles. The number of benzene rings is 1. The van der Waals surface area contributed by atoms with Gasteiger partial charge in [0, 0.05) is 30.2 Å². The minimum absolute atomic E-state index is 0.362. The van der Waals surface area contributed by atoms with Gasteiger partial charge in [0.25, 0.3) is 0 Å². The summed E-state index contributed by atoms with van der Waals surface area (Å²) in [6, 6.07) is 8.92. The first-order valence-electron chi connectivity index (χ1n) is 6.46. The number of rotatable bonds is 4. The Balaban J connectivity index is 2.57. The topological polar surface area (TPSA) is 34.2 Å². The third kappa shape index (κ3) is 2.16. The summed E-state index contributed by atoms with van der Waals surface area (Å²) in [6.45, 7) is 2.92. The van der Waals surface area contributed by atoms with E-state index in [0.717, 1.165) is 0 Å². The first kappa shape index (κ1) is 13.1. The van der Waals surface area contributed by atoms with E-state index in [0.29, 0.717) is 18.5 Å². The molecule has 1 heterocycles. The third-order valence-corrected chi connectivity index (χ3v) is 3.71. The van der Waals surface area contributed by atoms with Gasteiger partial charge in [-0.05, 0) is 38.2 Å². The van der Waals surface area contributed by atoms with Crippen molar-refractivity contribution in [1.29, 1.82) is 0 Å². The van der Waals surface area contributed by atoms with Crippen LogP contribution in [0.15, 0.2) is 30.5 Å². The van der Waals surface area contributed by atoms with Crippen LogP contribution < -0.4 is 5.73 Å². The number of aryl methyl sites for hydroxylation is 1. The summed E-state index contributed by atoms with van der Waals surface area (Å²) in [4.78, 5) is 2.26. The Hall–Kier alpha value is -1.32. The van der Waals surface area contributed by atoms with E-state index in [9.17, 15) is 0 Å². The second-order valence-electron chi connectivity index (χ2n) is 5.33. The van der Waals surface area contributed by atoms with Crippen LogP contribution in [-0.2, 0) is 7.05 Å². The third-order valence-electron chi connectivity index (χ3n) is 3.71. The highest BCUT2D eigenvalue weighted by atomic mass is 15.1. The molecule has 2 aromatic rings. The molecule has 0 bridgehead atoms. The molecule has 18 heavy (non-hydrogen) atoms. The molecule has 1 aromatic heterocycles. The van der Waals surface area contributed by atoms with Crippen LogP contribution >= 0.6 is 0 Å². The Labute approximate surface area is 109 Å². The highest BCUT2D eigenvalue weighted by molar-refractivity contribution is 5.84. The maximum absolute atomic E-state index is 5.87. The van der Waals surface area contributed by atoms with E-state index in [1.165, 1.54) is 16.5 Å².